The van der Waals surface area contributed by atoms with Crippen LogP contribution in [0.15, 0.2) is 29.2 Å². The van der Waals surface area contributed by atoms with Crippen LogP contribution in [0.4, 0.5) is 5.95 Å². The van der Waals surface area contributed by atoms with Crippen molar-refractivity contribution >= 4 is 16.9 Å². The number of fused-ring (bicyclic) bond motifs is 2. The number of rotatable bonds is 5. The molecule has 0 atom stereocenters. The van der Waals surface area contributed by atoms with Crippen molar-refractivity contribution in [2.45, 2.75) is 38.3 Å². The molecular formula is C25H31N5O3. The van der Waals surface area contributed by atoms with E-state index >= 15 is 0 Å². The zero-order chi connectivity index (χ0) is 22.9. The van der Waals surface area contributed by atoms with Crippen molar-refractivity contribution < 1.29 is 9.47 Å². The van der Waals surface area contributed by atoms with Crippen LogP contribution in [-0.4, -0.2) is 60.8 Å². The number of anilines is 1. The summed E-state index contributed by atoms with van der Waals surface area (Å²) in [5.41, 5.74) is 5.29. The SMILES string of the molecule is COc1cc(C2CCOCC2)c2c(=O)[nH]c(N3CCc4c(ccnc4CN(C)C)C3)nc2c1. The van der Waals surface area contributed by atoms with E-state index in [2.05, 4.69) is 39.9 Å². The van der Waals surface area contributed by atoms with Gasteiger partial charge in [0.2, 0.25) is 5.95 Å². The van der Waals surface area contributed by atoms with E-state index in [9.17, 15) is 4.79 Å². The van der Waals surface area contributed by atoms with Crippen LogP contribution in [-0.2, 0) is 24.2 Å². The summed E-state index contributed by atoms with van der Waals surface area (Å²) in [6.45, 7) is 3.73. The number of hydrogen-bond donors (Lipinski definition) is 1. The Labute approximate surface area is 193 Å². The fourth-order valence-corrected chi connectivity index (χ4v) is 5.04. The Kier molecular flexibility index (Phi) is 6.03. The minimum atomic E-state index is -0.0898. The third kappa shape index (κ3) is 4.32. The van der Waals surface area contributed by atoms with E-state index in [1.165, 1.54) is 11.1 Å². The second kappa shape index (κ2) is 9.11. The van der Waals surface area contributed by atoms with Gasteiger partial charge in [-0.05, 0) is 68.1 Å². The molecule has 3 aromatic rings. The van der Waals surface area contributed by atoms with Gasteiger partial charge < -0.3 is 19.3 Å². The highest BCUT2D eigenvalue weighted by Crippen LogP contribution is 2.34. The van der Waals surface area contributed by atoms with E-state index in [1.807, 2.05) is 18.3 Å². The number of aromatic nitrogens is 3. The van der Waals surface area contributed by atoms with E-state index < -0.39 is 0 Å². The number of benzene rings is 1. The van der Waals surface area contributed by atoms with Gasteiger partial charge in [-0.2, -0.15) is 0 Å². The summed E-state index contributed by atoms with van der Waals surface area (Å²) in [6.07, 6.45) is 4.55. The number of nitrogens with zero attached hydrogens (tertiary/aromatic N) is 4. The molecule has 0 bridgehead atoms. The fourth-order valence-electron chi connectivity index (χ4n) is 5.04. The van der Waals surface area contributed by atoms with Gasteiger partial charge >= 0.3 is 0 Å². The second-order valence-corrected chi connectivity index (χ2v) is 9.19. The highest BCUT2D eigenvalue weighted by atomic mass is 16.5. The van der Waals surface area contributed by atoms with Crippen molar-refractivity contribution in [1.29, 1.82) is 0 Å². The van der Waals surface area contributed by atoms with Crippen molar-refractivity contribution in [2.24, 2.45) is 0 Å². The number of pyridine rings is 1. The minimum Gasteiger partial charge on any atom is -0.497 e. The summed E-state index contributed by atoms with van der Waals surface area (Å²) < 4.78 is 11.1. The molecule has 1 saturated heterocycles. The molecule has 5 rings (SSSR count). The molecule has 33 heavy (non-hydrogen) atoms. The smallest absolute Gasteiger partial charge is 0.260 e. The van der Waals surface area contributed by atoms with Crippen LogP contribution >= 0.6 is 0 Å². The number of methoxy groups -OCH3 is 1. The predicted octanol–water partition coefficient (Wildman–Crippen LogP) is 2.85. The number of ether oxygens (including phenoxy) is 2. The Morgan fingerprint density at radius 3 is 2.85 bits per heavy atom. The monoisotopic (exact) mass is 449 g/mol. The minimum absolute atomic E-state index is 0.0898. The second-order valence-electron chi connectivity index (χ2n) is 9.19. The van der Waals surface area contributed by atoms with Gasteiger partial charge in [0, 0.05) is 45.1 Å². The van der Waals surface area contributed by atoms with Gasteiger partial charge in [0.1, 0.15) is 5.75 Å². The number of hydrogen-bond acceptors (Lipinski definition) is 7. The largest absolute Gasteiger partial charge is 0.497 e. The molecule has 174 valence electrons. The standard InChI is InChI=1S/C25H31N5O3/c1-29(2)15-22-19-5-9-30(14-17(19)4-8-26-22)25-27-21-13-18(32-3)12-20(23(21)24(31)28-25)16-6-10-33-11-7-16/h4,8,12-13,16H,5-7,9-11,14-15H2,1-3H3,(H,27,28,31). The first-order valence-electron chi connectivity index (χ1n) is 11.6. The Morgan fingerprint density at radius 2 is 2.09 bits per heavy atom. The van der Waals surface area contributed by atoms with Gasteiger partial charge in [-0.3, -0.25) is 14.8 Å². The quantitative estimate of drug-likeness (QED) is 0.641. The maximum absolute atomic E-state index is 13.3. The van der Waals surface area contributed by atoms with Gasteiger partial charge in [0.15, 0.2) is 0 Å². The van der Waals surface area contributed by atoms with Crippen molar-refractivity contribution in [1.82, 2.24) is 19.9 Å². The van der Waals surface area contributed by atoms with Gasteiger partial charge in [-0.1, -0.05) is 0 Å². The summed E-state index contributed by atoms with van der Waals surface area (Å²) in [4.78, 5) is 30.2. The summed E-state index contributed by atoms with van der Waals surface area (Å²) in [7, 11) is 5.77. The lowest BCUT2D eigenvalue weighted by atomic mass is 9.89. The fraction of sp³-hybridized carbons (Fsp3) is 0.480. The summed E-state index contributed by atoms with van der Waals surface area (Å²) >= 11 is 0. The third-order valence-electron chi connectivity index (χ3n) is 6.70. The molecule has 2 aliphatic heterocycles. The Morgan fingerprint density at radius 1 is 1.27 bits per heavy atom. The van der Waals surface area contributed by atoms with Crippen LogP contribution in [0.25, 0.3) is 10.9 Å². The molecule has 0 spiro atoms. The van der Waals surface area contributed by atoms with Gasteiger partial charge in [0.25, 0.3) is 5.56 Å². The van der Waals surface area contributed by atoms with E-state index in [0.717, 1.165) is 49.4 Å². The first-order chi connectivity index (χ1) is 16.0. The summed E-state index contributed by atoms with van der Waals surface area (Å²) in [6, 6.07) is 5.94. The molecule has 0 saturated carbocycles. The molecule has 0 unspecified atom stereocenters. The first kappa shape index (κ1) is 21.9. The van der Waals surface area contributed by atoms with Gasteiger partial charge in [0.05, 0.1) is 23.7 Å². The van der Waals surface area contributed by atoms with Crippen molar-refractivity contribution in [3.63, 3.8) is 0 Å². The zero-order valence-electron chi connectivity index (χ0n) is 19.6. The van der Waals surface area contributed by atoms with Crippen LogP contribution in [0.5, 0.6) is 5.75 Å². The van der Waals surface area contributed by atoms with E-state index in [1.54, 1.807) is 7.11 Å². The molecule has 8 nitrogen and oxygen atoms in total. The lowest BCUT2D eigenvalue weighted by Crippen LogP contribution is -2.34. The predicted molar refractivity (Wildman–Crippen MR) is 128 cm³/mol. The van der Waals surface area contributed by atoms with Crippen LogP contribution in [0.3, 0.4) is 0 Å². The highest BCUT2D eigenvalue weighted by Gasteiger charge is 2.25. The van der Waals surface area contributed by atoms with Gasteiger partial charge in [-0.25, -0.2) is 4.98 Å². The molecule has 4 heterocycles. The highest BCUT2D eigenvalue weighted by molar-refractivity contribution is 5.84. The molecule has 0 amide bonds. The zero-order valence-corrected chi connectivity index (χ0v) is 19.6. The van der Waals surface area contributed by atoms with Crippen LogP contribution in [0.1, 0.15) is 41.1 Å². The molecule has 1 aromatic carbocycles. The molecule has 1 N–H and O–H groups in total. The Bertz CT molecular complexity index is 1220. The van der Waals surface area contributed by atoms with Crippen LogP contribution < -0.4 is 15.2 Å². The molecule has 0 aliphatic carbocycles. The molecule has 8 heteroatoms. The first-order valence-corrected chi connectivity index (χ1v) is 11.6. The molecule has 2 aliphatic rings. The maximum Gasteiger partial charge on any atom is 0.260 e. The molecule has 2 aromatic heterocycles. The lowest BCUT2D eigenvalue weighted by molar-refractivity contribution is 0.0855. The number of aromatic amines is 1. The number of nitrogens with one attached hydrogen (secondary N) is 1. The summed E-state index contributed by atoms with van der Waals surface area (Å²) in [5.74, 6) is 1.61. The van der Waals surface area contributed by atoms with Crippen LogP contribution in [0.2, 0.25) is 0 Å². The molecule has 0 radical (unpaired) electrons. The van der Waals surface area contributed by atoms with Crippen molar-refractivity contribution in [2.75, 3.05) is 45.9 Å². The third-order valence-corrected chi connectivity index (χ3v) is 6.70. The Hall–Kier alpha value is -2.97. The maximum atomic E-state index is 13.3. The molecular weight excluding hydrogens is 418 g/mol. The molecule has 1 fully saturated rings. The van der Waals surface area contributed by atoms with Crippen LogP contribution in [0, 0.1) is 0 Å². The van der Waals surface area contributed by atoms with E-state index in [0.29, 0.717) is 36.6 Å². The van der Waals surface area contributed by atoms with E-state index in [-0.39, 0.29) is 11.5 Å². The summed E-state index contributed by atoms with van der Waals surface area (Å²) in [5, 5.41) is 0.668. The van der Waals surface area contributed by atoms with Gasteiger partial charge in [-0.15, -0.1) is 0 Å². The lowest BCUT2D eigenvalue weighted by Gasteiger charge is -2.31. The average molecular weight is 450 g/mol. The van der Waals surface area contributed by atoms with E-state index in [4.69, 9.17) is 14.5 Å². The normalized spacial score (nSPS) is 16.9. The average Bonchev–Trinajstić information content (AvgIpc) is 2.83. The topological polar surface area (TPSA) is 83.6 Å². The Balaban J connectivity index is 1.52. The number of H-pyrrole nitrogens is 1. The van der Waals surface area contributed by atoms with Crippen molar-refractivity contribution in [3.05, 3.63) is 57.1 Å². The van der Waals surface area contributed by atoms with Crippen molar-refractivity contribution in [3.8, 4) is 5.75 Å².